The highest BCUT2D eigenvalue weighted by molar-refractivity contribution is 6.49. The summed E-state index contributed by atoms with van der Waals surface area (Å²) in [4.78, 5) is 24.4. The first-order valence-corrected chi connectivity index (χ1v) is 8.18. The monoisotopic (exact) mass is 415 g/mol. The van der Waals surface area contributed by atoms with Crippen molar-refractivity contribution in [3.05, 3.63) is 39.6 Å². The molecule has 0 saturated carbocycles. The molecule has 0 aliphatic carbocycles. The molecule has 2 amide bonds. The van der Waals surface area contributed by atoms with Gasteiger partial charge >= 0.3 is 0 Å². The number of carbonyl (C=O) groups excluding carboxylic acids is 2. The summed E-state index contributed by atoms with van der Waals surface area (Å²) in [6.07, 6.45) is 0. The van der Waals surface area contributed by atoms with Crippen molar-refractivity contribution in [1.29, 1.82) is 5.41 Å². The quantitative estimate of drug-likeness (QED) is 0.112. The zero-order chi connectivity index (χ0) is 20.7. The number of ether oxygens (including phenoxy) is 1. The van der Waals surface area contributed by atoms with Crippen molar-refractivity contribution in [1.82, 2.24) is 10.3 Å². The van der Waals surface area contributed by atoms with Gasteiger partial charge < -0.3 is 16.3 Å². The lowest BCUT2D eigenvalue weighted by atomic mass is 10.0. The third-order valence-corrected chi connectivity index (χ3v) is 3.65. The van der Waals surface area contributed by atoms with E-state index in [-0.39, 0.29) is 34.5 Å². The van der Waals surface area contributed by atoms with Crippen molar-refractivity contribution < 1.29 is 14.3 Å². The topological polar surface area (TPSA) is 173 Å². The van der Waals surface area contributed by atoms with Gasteiger partial charge in [0.1, 0.15) is 0 Å². The molecule has 0 aliphatic heterocycles. The minimum Gasteiger partial charge on any atom is -0.491 e. The van der Waals surface area contributed by atoms with Crippen LogP contribution in [-0.2, 0) is 14.3 Å². The molecule has 0 radical (unpaired) electrons. The third-order valence-electron chi connectivity index (χ3n) is 3.10. The largest absolute Gasteiger partial charge is 0.491 e. The number of guanidine groups is 1. The number of hydrazone groups is 1. The van der Waals surface area contributed by atoms with Crippen LogP contribution in [0.4, 0.5) is 0 Å². The van der Waals surface area contributed by atoms with E-state index in [0.717, 1.165) is 5.01 Å². The van der Waals surface area contributed by atoms with E-state index in [0.29, 0.717) is 5.02 Å². The first-order chi connectivity index (χ1) is 12.6. The Morgan fingerprint density at radius 1 is 1.37 bits per heavy atom. The van der Waals surface area contributed by atoms with Crippen LogP contribution in [0.3, 0.4) is 0 Å². The lowest BCUT2D eigenvalue weighted by Crippen LogP contribution is -2.48. The molecule has 146 valence electrons. The standard InChI is InChI=1S/C15H19Cl2N7O3/c1-3-27-12(11(18)14(26)22-15(23-20)24(2)21)10(13(19)25)8-5-4-7(16)6-9(8)17/h4-6,18H,3,20-21H2,1-2H3,(H2,19,25)(H,22,23,26)/b12-10+,18-11?. The second-order valence-electron chi connectivity index (χ2n) is 5.02. The number of nitrogens with two attached hydrogens (primary N) is 3. The first-order valence-electron chi connectivity index (χ1n) is 7.42. The number of hydrogen-bond donors (Lipinski definition) is 5. The highest BCUT2D eigenvalue weighted by atomic mass is 35.5. The molecular weight excluding hydrogens is 397 g/mol. The normalized spacial score (nSPS) is 12.1. The van der Waals surface area contributed by atoms with Crippen LogP contribution in [0.25, 0.3) is 5.57 Å². The van der Waals surface area contributed by atoms with Crippen molar-refractivity contribution >= 4 is 52.3 Å². The number of rotatable bonds is 6. The summed E-state index contributed by atoms with van der Waals surface area (Å²) in [6, 6.07) is 4.29. The lowest BCUT2D eigenvalue weighted by molar-refractivity contribution is -0.114. The van der Waals surface area contributed by atoms with Gasteiger partial charge in [0.05, 0.1) is 17.2 Å². The highest BCUT2D eigenvalue weighted by Crippen LogP contribution is 2.29. The average Bonchev–Trinajstić information content (AvgIpc) is 2.59. The van der Waals surface area contributed by atoms with Gasteiger partial charge in [-0.05, 0) is 19.1 Å². The van der Waals surface area contributed by atoms with Crippen LogP contribution in [0.2, 0.25) is 10.0 Å². The second-order valence-corrected chi connectivity index (χ2v) is 5.86. The molecule has 27 heavy (non-hydrogen) atoms. The second kappa shape index (κ2) is 9.76. The summed E-state index contributed by atoms with van der Waals surface area (Å²) in [5.74, 6) is 8.05. The van der Waals surface area contributed by atoms with E-state index in [1.54, 1.807) is 6.92 Å². The predicted molar refractivity (Wildman–Crippen MR) is 104 cm³/mol. The highest BCUT2D eigenvalue weighted by Gasteiger charge is 2.27. The smallest absolute Gasteiger partial charge is 0.279 e. The third kappa shape index (κ3) is 5.58. The maximum absolute atomic E-state index is 12.4. The van der Waals surface area contributed by atoms with Gasteiger partial charge in [-0.25, -0.2) is 5.84 Å². The number of primary amides is 1. The first kappa shape index (κ1) is 22.2. The molecule has 0 aromatic heterocycles. The number of halogens is 2. The molecule has 0 bridgehead atoms. The fourth-order valence-corrected chi connectivity index (χ4v) is 2.45. The number of hydrogen-bond acceptors (Lipinski definition) is 7. The van der Waals surface area contributed by atoms with E-state index in [1.165, 1.54) is 25.2 Å². The zero-order valence-electron chi connectivity index (χ0n) is 14.5. The van der Waals surface area contributed by atoms with E-state index in [9.17, 15) is 9.59 Å². The van der Waals surface area contributed by atoms with Crippen molar-refractivity contribution in [3.8, 4) is 0 Å². The number of carbonyl (C=O) groups is 2. The van der Waals surface area contributed by atoms with E-state index in [4.69, 9.17) is 50.8 Å². The lowest BCUT2D eigenvalue weighted by Gasteiger charge is -2.18. The molecule has 0 aliphatic rings. The Morgan fingerprint density at radius 2 is 2.00 bits per heavy atom. The van der Waals surface area contributed by atoms with Crippen LogP contribution in [0.1, 0.15) is 12.5 Å². The maximum Gasteiger partial charge on any atom is 0.279 e. The fraction of sp³-hybridized carbons (Fsp3) is 0.200. The Morgan fingerprint density at radius 3 is 2.44 bits per heavy atom. The van der Waals surface area contributed by atoms with Crippen LogP contribution < -0.4 is 22.7 Å². The molecular formula is C15H19Cl2N7O3. The van der Waals surface area contributed by atoms with Crippen LogP contribution >= 0.6 is 23.2 Å². The molecule has 1 rings (SSSR count). The number of nitrogens with zero attached hydrogens (tertiary/aromatic N) is 2. The molecule has 0 atom stereocenters. The maximum atomic E-state index is 12.4. The van der Waals surface area contributed by atoms with Crippen molar-refractivity contribution in [2.24, 2.45) is 22.5 Å². The SMILES string of the molecule is CCO/C(C(=N)C(=O)N/C(=N/N)N(C)N)=C(/C(N)=O)c1ccc(Cl)cc1Cl. The summed E-state index contributed by atoms with van der Waals surface area (Å²) < 4.78 is 5.35. The Hall–Kier alpha value is -2.82. The number of amides is 2. The predicted octanol–water partition coefficient (Wildman–Crippen LogP) is 0.397. The summed E-state index contributed by atoms with van der Waals surface area (Å²) in [7, 11) is 1.37. The molecule has 12 heteroatoms. The summed E-state index contributed by atoms with van der Waals surface area (Å²) in [6.45, 7) is 1.65. The van der Waals surface area contributed by atoms with E-state index in [1.807, 2.05) is 0 Å². The molecule has 0 spiro atoms. The van der Waals surface area contributed by atoms with E-state index >= 15 is 0 Å². The molecule has 0 fully saturated rings. The molecule has 8 N–H and O–H groups in total. The Bertz CT molecular complexity index is 822. The summed E-state index contributed by atoms with van der Waals surface area (Å²) in [5.41, 5.74) is 4.64. The number of benzene rings is 1. The van der Waals surface area contributed by atoms with Gasteiger partial charge in [-0.15, -0.1) is 5.10 Å². The summed E-state index contributed by atoms with van der Waals surface area (Å²) in [5, 5.41) is 15.0. The van der Waals surface area contributed by atoms with E-state index in [2.05, 4.69) is 10.4 Å². The Kier molecular flexibility index (Phi) is 8.03. The molecule has 1 aromatic rings. The van der Waals surface area contributed by atoms with Gasteiger partial charge in [0, 0.05) is 17.6 Å². The van der Waals surface area contributed by atoms with Gasteiger partial charge in [-0.2, -0.15) is 0 Å². The van der Waals surface area contributed by atoms with Gasteiger partial charge in [-0.3, -0.25) is 25.3 Å². The summed E-state index contributed by atoms with van der Waals surface area (Å²) >= 11 is 12.0. The van der Waals surface area contributed by atoms with Crippen LogP contribution in [0, 0.1) is 5.41 Å². The molecule has 0 saturated heterocycles. The Labute approximate surface area is 165 Å². The van der Waals surface area contributed by atoms with Crippen LogP contribution in [0.15, 0.2) is 29.1 Å². The number of hydrazine groups is 1. The number of nitrogens with one attached hydrogen (secondary N) is 2. The van der Waals surface area contributed by atoms with E-state index < -0.39 is 17.5 Å². The zero-order valence-corrected chi connectivity index (χ0v) is 16.1. The van der Waals surface area contributed by atoms with Crippen LogP contribution in [-0.4, -0.2) is 42.1 Å². The minimum absolute atomic E-state index is 0.0433. The van der Waals surface area contributed by atoms with Crippen molar-refractivity contribution in [2.45, 2.75) is 6.92 Å². The van der Waals surface area contributed by atoms with Gasteiger partial charge in [0.25, 0.3) is 11.8 Å². The molecule has 0 unspecified atom stereocenters. The minimum atomic E-state index is -0.983. The van der Waals surface area contributed by atoms with Gasteiger partial charge in [0.15, 0.2) is 11.5 Å². The van der Waals surface area contributed by atoms with Gasteiger partial charge in [0.2, 0.25) is 5.96 Å². The molecule has 1 aromatic carbocycles. The molecule has 0 heterocycles. The van der Waals surface area contributed by atoms with Crippen molar-refractivity contribution in [3.63, 3.8) is 0 Å². The molecule has 10 nitrogen and oxygen atoms in total. The van der Waals surface area contributed by atoms with Crippen LogP contribution in [0.5, 0.6) is 0 Å². The van der Waals surface area contributed by atoms with Crippen molar-refractivity contribution in [2.75, 3.05) is 13.7 Å². The fourth-order valence-electron chi connectivity index (χ4n) is 1.95. The van der Waals surface area contributed by atoms with Gasteiger partial charge in [-0.1, -0.05) is 29.3 Å². The Balaban J connectivity index is 3.49. The average molecular weight is 416 g/mol.